The molecule has 0 unspecified atom stereocenters. The quantitative estimate of drug-likeness (QED) is 0.396. The number of nitrogens with zero attached hydrogens (tertiary/aromatic N) is 2. The average Bonchev–Trinajstić information content (AvgIpc) is 2.09. The molecular formula is C7H8N2O3. The van der Waals surface area contributed by atoms with Crippen molar-refractivity contribution in [2.24, 2.45) is 5.28 Å². The van der Waals surface area contributed by atoms with E-state index in [1.165, 1.54) is 6.07 Å². The predicted molar refractivity (Wildman–Crippen MR) is 39.7 cm³/mol. The number of hydroxylamine groups is 1. The van der Waals surface area contributed by atoms with E-state index in [9.17, 15) is 5.21 Å². The van der Waals surface area contributed by atoms with Crippen molar-refractivity contribution in [1.82, 2.24) is 0 Å². The van der Waals surface area contributed by atoms with Gasteiger partial charge in [0, 0.05) is 0 Å². The van der Waals surface area contributed by atoms with Gasteiger partial charge in [-0.3, -0.25) is 0 Å². The van der Waals surface area contributed by atoms with Crippen molar-refractivity contribution < 1.29 is 15.2 Å². The summed E-state index contributed by atoms with van der Waals surface area (Å²) in [6, 6.07) is 6.36. The van der Waals surface area contributed by atoms with Gasteiger partial charge in [0.15, 0.2) is 5.28 Å². The van der Waals surface area contributed by atoms with Gasteiger partial charge >= 0.3 is 0 Å². The monoisotopic (exact) mass is 168 g/mol. The molecule has 0 bridgehead atoms. The van der Waals surface area contributed by atoms with Crippen LogP contribution in [0.2, 0.25) is 0 Å². The van der Waals surface area contributed by atoms with Crippen LogP contribution < -0.4 is 0 Å². The number of para-hydroxylation sites is 1. The Balaban J connectivity index is 2.82. The van der Waals surface area contributed by atoms with Gasteiger partial charge in [0.05, 0.1) is 5.56 Å². The minimum absolute atomic E-state index is 0.0157. The molecule has 1 rings (SSSR count). The summed E-state index contributed by atoms with van der Waals surface area (Å²) in [6.45, 7) is -0.164. The van der Waals surface area contributed by atoms with Crippen LogP contribution in [-0.4, -0.2) is 15.2 Å². The van der Waals surface area contributed by atoms with E-state index in [1.807, 2.05) is 0 Å². The minimum atomic E-state index is -0.164. The first-order valence-electron chi connectivity index (χ1n) is 3.30. The van der Waals surface area contributed by atoms with Crippen molar-refractivity contribution in [3.8, 4) is 5.75 Å². The molecule has 0 aliphatic rings. The summed E-state index contributed by atoms with van der Waals surface area (Å²) in [6.07, 6.45) is 0. The lowest BCUT2D eigenvalue weighted by Gasteiger charge is -2.00. The highest BCUT2D eigenvalue weighted by atomic mass is 16.6. The number of aromatic hydroxyl groups is 1. The van der Waals surface area contributed by atoms with E-state index >= 15 is 0 Å². The van der Waals surface area contributed by atoms with Gasteiger partial charge in [0.2, 0.25) is 6.54 Å². The molecule has 5 heteroatoms. The maximum Gasteiger partial charge on any atom is 0.212 e. The first kappa shape index (κ1) is 8.32. The van der Waals surface area contributed by atoms with E-state index in [0.717, 1.165) is 0 Å². The van der Waals surface area contributed by atoms with Crippen LogP contribution in [0.4, 0.5) is 0 Å². The minimum Gasteiger partial charge on any atom is -0.597 e. The molecular weight excluding hydrogens is 160 g/mol. The molecule has 0 atom stereocenters. The van der Waals surface area contributed by atoms with Gasteiger partial charge in [-0.2, -0.15) is 0 Å². The first-order chi connectivity index (χ1) is 5.74. The van der Waals surface area contributed by atoms with Crippen LogP contribution in [0.1, 0.15) is 5.56 Å². The Bertz CT molecular complexity index is 298. The second-order valence-electron chi connectivity index (χ2n) is 2.23. The van der Waals surface area contributed by atoms with Gasteiger partial charge in [-0.15, -0.1) is 0 Å². The third kappa shape index (κ3) is 1.85. The largest absolute Gasteiger partial charge is 0.597 e. The molecule has 0 radical (unpaired) electrons. The van der Waals surface area contributed by atoms with E-state index in [1.54, 1.807) is 18.2 Å². The molecule has 0 aliphatic carbocycles. The van der Waals surface area contributed by atoms with Gasteiger partial charge in [0.1, 0.15) is 5.75 Å². The van der Waals surface area contributed by atoms with Crippen molar-refractivity contribution in [3.63, 3.8) is 0 Å². The van der Waals surface area contributed by atoms with Crippen LogP contribution in [0.3, 0.4) is 0 Å². The van der Waals surface area contributed by atoms with Crippen molar-refractivity contribution in [2.75, 3.05) is 0 Å². The number of rotatable bonds is 2. The van der Waals surface area contributed by atoms with E-state index in [-0.39, 0.29) is 17.2 Å². The van der Waals surface area contributed by atoms with Crippen molar-refractivity contribution >= 4 is 0 Å². The SMILES string of the molecule is [O-][N+](Cc1ccccc1O)=NO. The number of phenols is 1. The molecule has 12 heavy (non-hydrogen) atoms. The summed E-state index contributed by atoms with van der Waals surface area (Å²) in [5.41, 5.74) is 0.422. The molecule has 0 saturated heterocycles. The zero-order valence-corrected chi connectivity index (χ0v) is 6.21. The Morgan fingerprint density at radius 2 is 2.08 bits per heavy atom. The van der Waals surface area contributed by atoms with Crippen LogP contribution in [0.25, 0.3) is 0 Å². The molecule has 64 valence electrons. The molecule has 1 aromatic carbocycles. The Kier molecular flexibility index (Phi) is 2.47. The first-order valence-corrected chi connectivity index (χ1v) is 3.30. The van der Waals surface area contributed by atoms with Gasteiger partial charge in [-0.25, -0.2) is 0 Å². The van der Waals surface area contributed by atoms with E-state index in [2.05, 4.69) is 5.28 Å². The fourth-order valence-corrected chi connectivity index (χ4v) is 0.822. The normalized spacial score (nSPS) is 11.5. The van der Waals surface area contributed by atoms with Gasteiger partial charge in [-0.05, 0) is 12.1 Å². The standard InChI is InChI=1S/C7H8N2O3/c10-7-4-2-1-3-6(7)5-9(12)8-11/h1-4,10-11H,5H2. The van der Waals surface area contributed by atoms with Gasteiger partial charge in [-0.1, -0.05) is 17.0 Å². The molecule has 0 fully saturated rings. The Labute approximate surface area is 68.7 Å². The van der Waals surface area contributed by atoms with E-state index < -0.39 is 0 Å². The Hall–Kier alpha value is -1.78. The zero-order chi connectivity index (χ0) is 8.97. The summed E-state index contributed by atoms with van der Waals surface area (Å²) in [7, 11) is 0. The van der Waals surface area contributed by atoms with Crippen LogP contribution >= 0.6 is 0 Å². The fourth-order valence-electron chi connectivity index (χ4n) is 0.822. The number of phenolic OH excluding ortho intramolecular Hbond substituents is 1. The van der Waals surface area contributed by atoms with E-state index in [4.69, 9.17) is 10.3 Å². The van der Waals surface area contributed by atoms with Crippen LogP contribution in [0, 0.1) is 5.21 Å². The number of benzene rings is 1. The number of hydrogen-bond donors (Lipinski definition) is 2. The smallest absolute Gasteiger partial charge is 0.212 e. The molecule has 0 aliphatic heterocycles. The summed E-state index contributed by atoms with van der Waals surface area (Å²) in [4.78, 5) is 0.0784. The maximum atomic E-state index is 10.5. The third-order valence-corrected chi connectivity index (χ3v) is 1.40. The summed E-state index contributed by atoms with van der Waals surface area (Å²) < 4.78 is 0. The second-order valence-corrected chi connectivity index (χ2v) is 2.23. The Morgan fingerprint density at radius 3 is 2.67 bits per heavy atom. The van der Waals surface area contributed by atoms with Crippen molar-refractivity contribution in [2.45, 2.75) is 6.54 Å². The molecule has 0 heterocycles. The molecule has 0 spiro atoms. The van der Waals surface area contributed by atoms with Crippen LogP contribution in [0.5, 0.6) is 5.75 Å². The highest BCUT2D eigenvalue weighted by Gasteiger charge is 2.04. The van der Waals surface area contributed by atoms with Crippen molar-refractivity contribution in [3.05, 3.63) is 35.0 Å². The molecule has 5 nitrogen and oxygen atoms in total. The average molecular weight is 168 g/mol. The summed E-state index contributed by atoms with van der Waals surface area (Å²) in [5.74, 6) is 0.0157. The lowest BCUT2D eigenvalue weighted by atomic mass is 10.2. The number of hydrogen-bond acceptors (Lipinski definition) is 3. The lowest BCUT2D eigenvalue weighted by molar-refractivity contribution is -0.570. The maximum absolute atomic E-state index is 10.5. The van der Waals surface area contributed by atoms with Crippen LogP contribution in [0.15, 0.2) is 29.5 Å². The molecule has 2 N–H and O–H groups in total. The van der Waals surface area contributed by atoms with Gasteiger partial charge in [0.25, 0.3) is 0 Å². The van der Waals surface area contributed by atoms with E-state index in [0.29, 0.717) is 5.56 Å². The summed E-state index contributed by atoms with van der Waals surface area (Å²) >= 11 is 0. The molecule has 0 amide bonds. The second kappa shape index (κ2) is 3.56. The molecule has 0 saturated carbocycles. The topological polar surface area (TPSA) is 78.9 Å². The van der Waals surface area contributed by atoms with Crippen LogP contribution in [-0.2, 0) is 6.54 Å². The fraction of sp³-hybridized carbons (Fsp3) is 0.143. The zero-order valence-electron chi connectivity index (χ0n) is 6.21. The summed E-state index contributed by atoms with van der Waals surface area (Å²) in [5, 5.41) is 30.1. The molecule has 1 aromatic rings. The lowest BCUT2D eigenvalue weighted by Crippen LogP contribution is -1.99. The highest BCUT2D eigenvalue weighted by molar-refractivity contribution is 5.30. The van der Waals surface area contributed by atoms with Gasteiger partial charge < -0.3 is 15.5 Å². The highest BCUT2D eigenvalue weighted by Crippen LogP contribution is 2.15. The third-order valence-electron chi connectivity index (χ3n) is 1.40. The Morgan fingerprint density at radius 1 is 1.42 bits per heavy atom. The van der Waals surface area contributed by atoms with Crippen molar-refractivity contribution in [1.29, 1.82) is 0 Å². The predicted octanol–water partition coefficient (Wildman–Crippen LogP) is 1.24. The molecule has 0 aromatic heterocycles.